The number of halogens is 2. The first-order valence-corrected chi connectivity index (χ1v) is 11.9. The molecule has 0 bridgehead atoms. The van der Waals surface area contributed by atoms with Gasteiger partial charge in [0.15, 0.2) is 0 Å². The van der Waals surface area contributed by atoms with E-state index < -0.39 is 0 Å². The molecular weight excluding hydrogens is 512 g/mol. The summed E-state index contributed by atoms with van der Waals surface area (Å²) in [5.41, 5.74) is 5.39. The summed E-state index contributed by atoms with van der Waals surface area (Å²) in [6, 6.07) is 29.7. The number of nitrogens with zero attached hydrogens (tertiary/aromatic N) is 2. The van der Waals surface area contributed by atoms with Crippen molar-refractivity contribution in [3.63, 3.8) is 0 Å². The number of benzene rings is 4. The Labute approximate surface area is 211 Å². The molecule has 1 heterocycles. The zero-order valence-corrected chi connectivity index (χ0v) is 20.7. The molecule has 0 unspecified atom stereocenters. The van der Waals surface area contributed by atoms with Crippen molar-refractivity contribution >= 4 is 38.4 Å². The maximum Gasteiger partial charge on any atom is 0.120 e. The molecule has 0 aliphatic heterocycles. The minimum atomic E-state index is 0.397. The van der Waals surface area contributed by atoms with Crippen LogP contribution in [0, 0.1) is 0 Å². The van der Waals surface area contributed by atoms with Crippen molar-refractivity contribution in [3.8, 4) is 33.9 Å². The van der Waals surface area contributed by atoms with Gasteiger partial charge in [0.25, 0.3) is 0 Å². The van der Waals surface area contributed by atoms with E-state index in [-0.39, 0.29) is 0 Å². The van der Waals surface area contributed by atoms with Gasteiger partial charge in [0.2, 0.25) is 0 Å². The summed E-state index contributed by atoms with van der Waals surface area (Å²) in [6.07, 6.45) is 0. The molecule has 0 saturated carbocycles. The average Bonchev–Trinajstić information content (AvgIpc) is 2.88. The molecule has 0 amide bonds. The summed E-state index contributed by atoms with van der Waals surface area (Å²) >= 11 is 10.1. The lowest BCUT2D eigenvalue weighted by Crippen LogP contribution is -1.99. The van der Waals surface area contributed by atoms with Crippen LogP contribution in [0.1, 0.15) is 5.56 Å². The van der Waals surface area contributed by atoms with Gasteiger partial charge in [-0.1, -0.05) is 82.1 Å². The fraction of sp³-hybridized carbons (Fsp3) is 0.0714. The van der Waals surface area contributed by atoms with Gasteiger partial charge in [0.1, 0.15) is 29.3 Å². The summed E-state index contributed by atoms with van der Waals surface area (Å²) in [4.78, 5) is 0. The molecule has 0 radical (unpaired) electrons. The van der Waals surface area contributed by atoms with E-state index in [4.69, 9.17) is 21.1 Å². The average molecular weight is 532 g/mol. The number of methoxy groups -OCH3 is 1. The summed E-state index contributed by atoms with van der Waals surface area (Å²) in [6.45, 7) is 0.397. The lowest BCUT2D eigenvalue weighted by Gasteiger charge is -2.14. The molecule has 0 atom stereocenters. The first-order chi connectivity index (χ1) is 16.6. The molecule has 168 valence electrons. The zero-order chi connectivity index (χ0) is 23.5. The SMILES string of the molecule is COc1ccc(Br)c(COc2cccc(-c3c(-c4ccccc4)nnc4c(Cl)cccc34)c2)c1. The van der Waals surface area contributed by atoms with Gasteiger partial charge in [-0.15, -0.1) is 10.2 Å². The van der Waals surface area contributed by atoms with E-state index in [1.54, 1.807) is 7.11 Å². The Balaban J connectivity index is 1.58. The molecule has 0 saturated heterocycles. The van der Waals surface area contributed by atoms with Crippen LogP contribution in [0.15, 0.2) is 95.5 Å². The topological polar surface area (TPSA) is 44.2 Å². The Kier molecular flexibility index (Phi) is 6.48. The number of hydrogen-bond acceptors (Lipinski definition) is 4. The van der Waals surface area contributed by atoms with Gasteiger partial charge < -0.3 is 9.47 Å². The number of aromatic nitrogens is 2. The molecule has 5 aromatic rings. The number of ether oxygens (including phenoxy) is 2. The Hall–Kier alpha value is -3.41. The third kappa shape index (κ3) is 4.49. The van der Waals surface area contributed by atoms with Crippen molar-refractivity contribution in [2.75, 3.05) is 7.11 Å². The van der Waals surface area contributed by atoms with E-state index in [1.807, 2.05) is 84.9 Å². The van der Waals surface area contributed by atoms with E-state index in [0.717, 1.165) is 49.3 Å². The quantitative estimate of drug-likeness (QED) is 0.223. The number of hydrogen-bond donors (Lipinski definition) is 0. The fourth-order valence-electron chi connectivity index (χ4n) is 3.88. The normalized spacial score (nSPS) is 10.9. The highest BCUT2D eigenvalue weighted by Crippen LogP contribution is 2.38. The molecule has 4 nitrogen and oxygen atoms in total. The summed E-state index contributed by atoms with van der Waals surface area (Å²) < 4.78 is 12.5. The van der Waals surface area contributed by atoms with Crippen LogP contribution in [0.4, 0.5) is 0 Å². The highest BCUT2D eigenvalue weighted by molar-refractivity contribution is 9.10. The summed E-state index contributed by atoms with van der Waals surface area (Å²) in [5.74, 6) is 1.53. The van der Waals surface area contributed by atoms with Crippen molar-refractivity contribution in [2.45, 2.75) is 6.61 Å². The molecule has 4 aromatic carbocycles. The summed E-state index contributed by atoms with van der Waals surface area (Å²) in [7, 11) is 1.65. The molecule has 6 heteroatoms. The van der Waals surface area contributed by atoms with Gasteiger partial charge in [-0.05, 0) is 42.0 Å². The minimum Gasteiger partial charge on any atom is -0.497 e. The Morgan fingerprint density at radius 3 is 2.41 bits per heavy atom. The van der Waals surface area contributed by atoms with Gasteiger partial charge in [0, 0.05) is 26.5 Å². The molecule has 1 aromatic heterocycles. The predicted octanol–water partition coefficient (Wildman–Crippen LogP) is 7.97. The Morgan fingerprint density at radius 1 is 0.794 bits per heavy atom. The number of fused-ring (bicyclic) bond motifs is 1. The van der Waals surface area contributed by atoms with Crippen LogP contribution in [0.3, 0.4) is 0 Å². The zero-order valence-electron chi connectivity index (χ0n) is 18.3. The first-order valence-electron chi connectivity index (χ1n) is 10.7. The van der Waals surface area contributed by atoms with Crippen LogP contribution in [0.5, 0.6) is 11.5 Å². The molecule has 0 fully saturated rings. The van der Waals surface area contributed by atoms with Crippen LogP contribution in [0.2, 0.25) is 5.02 Å². The van der Waals surface area contributed by atoms with Crippen LogP contribution in [0.25, 0.3) is 33.3 Å². The molecule has 5 rings (SSSR count). The van der Waals surface area contributed by atoms with E-state index in [2.05, 4.69) is 32.2 Å². The van der Waals surface area contributed by atoms with Crippen molar-refractivity contribution in [1.29, 1.82) is 0 Å². The predicted molar refractivity (Wildman–Crippen MR) is 140 cm³/mol. The molecule has 0 aliphatic rings. The van der Waals surface area contributed by atoms with Gasteiger partial charge >= 0.3 is 0 Å². The van der Waals surface area contributed by atoms with Crippen molar-refractivity contribution in [2.24, 2.45) is 0 Å². The maximum absolute atomic E-state index is 6.46. The van der Waals surface area contributed by atoms with E-state index in [1.165, 1.54) is 0 Å². The van der Waals surface area contributed by atoms with Crippen molar-refractivity contribution < 1.29 is 9.47 Å². The van der Waals surface area contributed by atoms with Crippen LogP contribution < -0.4 is 9.47 Å². The van der Waals surface area contributed by atoms with E-state index in [9.17, 15) is 0 Å². The Bertz CT molecular complexity index is 1470. The second-order valence-electron chi connectivity index (χ2n) is 7.70. The Morgan fingerprint density at radius 2 is 1.59 bits per heavy atom. The summed E-state index contributed by atoms with van der Waals surface area (Å²) in [5, 5.41) is 10.5. The highest BCUT2D eigenvalue weighted by Gasteiger charge is 2.16. The largest absolute Gasteiger partial charge is 0.497 e. The van der Waals surface area contributed by atoms with Crippen LogP contribution in [-0.4, -0.2) is 17.3 Å². The molecular formula is C28H20BrClN2O2. The number of rotatable bonds is 6. The molecule has 0 N–H and O–H groups in total. The van der Waals surface area contributed by atoms with Crippen molar-refractivity contribution in [1.82, 2.24) is 10.2 Å². The van der Waals surface area contributed by atoms with Crippen LogP contribution >= 0.6 is 27.5 Å². The monoisotopic (exact) mass is 530 g/mol. The second-order valence-corrected chi connectivity index (χ2v) is 8.96. The molecule has 0 aliphatic carbocycles. The van der Waals surface area contributed by atoms with E-state index >= 15 is 0 Å². The standard InChI is InChI=1S/C28H20BrClN2O2/c1-33-21-13-14-24(29)20(16-21)17-34-22-10-5-9-19(15-22)26-23-11-6-12-25(30)28(23)32-31-27(26)18-7-3-2-4-8-18/h2-16H,17H2,1H3. The minimum absolute atomic E-state index is 0.397. The van der Waals surface area contributed by atoms with Gasteiger partial charge in [-0.25, -0.2) is 0 Å². The second kappa shape index (κ2) is 9.84. The first kappa shape index (κ1) is 22.4. The molecule has 34 heavy (non-hydrogen) atoms. The van der Waals surface area contributed by atoms with Gasteiger partial charge in [-0.3, -0.25) is 0 Å². The lowest BCUT2D eigenvalue weighted by atomic mass is 9.95. The smallest absolute Gasteiger partial charge is 0.120 e. The fourth-order valence-corrected chi connectivity index (χ4v) is 4.45. The maximum atomic E-state index is 6.46. The third-order valence-corrected chi connectivity index (χ3v) is 6.64. The highest BCUT2D eigenvalue weighted by atomic mass is 79.9. The van der Waals surface area contributed by atoms with E-state index in [0.29, 0.717) is 17.1 Å². The van der Waals surface area contributed by atoms with Gasteiger partial charge in [0.05, 0.1) is 12.1 Å². The van der Waals surface area contributed by atoms with Crippen LogP contribution in [-0.2, 0) is 6.61 Å². The lowest BCUT2D eigenvalue weighted by molar-refractivity contribution is 0.304. The molecule has 0 spiro atoms. The van der Waals surface area contributed by atoms with Crippen molar-refractivity contribution in [3.05, 3.63) is 106 Å². The third-order valence-electron chi connectivity index (χ3n) is 5.56. The van der Waals surface area contributed by atoms with Gasteiger partial charge in [-0.2, -0.15) is 0 Å².